The van der Waals surface area contributed by atoms with Crippen molar-refractivity contribution >= 4 is 34.3 Å². The molecule has 0 radical (unpaired) electrons. The number of benzene rings is 1. The lowest BCUT2D eigenvalue weighted by molar-refractivity contribution is -0.130. The van der Waals surface area contributed by atoms with Gasteiger partial charge in [0.15, 0.2) is 0 Å². The molecule has 0 aliphatic carbocycles. The number of hydrogen-bond acceptors (Lipinski definition) is 2. The summed E-state index contributed by atoms with van der Waals surface area (Å²) in [5.41, 5.74) is 1.32. The predicted molar refractivity (Wildman–Crippen MR) is 90.6 cm³/mol. The summed E-state index contributed by atoms with van der Waals surface area (Å²) in [4.78, 5) is 29.2. The van der Waals surface area contributed by atoms with Gasteiger partial charge in [0, 0.05) is 41.5 Å². The Morgan fingerprint density at radius 2 is 2.04 bits per heavy atom. The smallest absolute Gasteiger partial charge is 0.267 e. The zero-order chi connectivity index (χ0) is 16.4. The maximum Gasteiger partial charge on any atom is 0.267 e. The Balaban J connectivity index is 1.61. The van der Waals surface area contributed by atoms with Crippen LogP contribution < -0.4 is 5.32 Å². The summed E-state index contributed by atoms with van der Waals surface area (Å²) in [6, 6.07) is 6.94. The van der Waals surface area contributed by atoms with Crippen molar-refractivity contribution in [3.05, 3.63) is 47.1 Å². The quantitative estimate of drug-likeness (QED) is 0.846. The maximum atomic E-state index is 12.3. The van der Waals surface area contributed by atoms with Gasteiger partial charge in [0.05, 0.1) is 0 Å². The molecule has 2 heterocycles. The van der Waals surface area contributed by atoms with E-state index in [0.29, 0.717) is 30.2 Å². The fourth-order valence-corrected chi connectivity index (χ4v) is 2.83. The van der Waals surface area contributed by atoms with Crippen LogP contribution in [0.5, 0.6) is 0 Å². The van der Waals surface area contributed by atoms with Gasteiger partial charge in [-0.15, -0.1) is 0 Å². The van der Waals surface area contributed by atoms with Gasteiger partial charge in [0.25, 0.3) is 5.91 Å². The van der Waals surface area contributed by atoms with Gasteiger partial charge in [-0.1, -0.05) is 23.8 Å². The fourth-order valence-electron chi connectivity index (χ4n) is 2.65. The van der Waals surface area contributed by atoms with Gasteiger partial charge in [-0.3, -0.25) is 9.59 Å². The number of amides is 2. The molecular formula is C17H18ClN3O2. The highest BCUT2D eigenvalue weighted by Gasteiger charge is 2.19. The Morgan fingerprint density at radius 1 is 1.30 bits per heavy atom. The number of aromatic nitrogens is 1. The van der Waals surface area contributed by atoms with Crippen LogP contribution >= 0.6 is 11.6 Å². The largest absolute Gasteiger partial charge is 0.351 e. The van der Waals surface area contributed by atoms with Crippen LogP contribution in [-0.4, -0.2) is 40.8 Å². The molecule has 23 heavy (non-hydrogen) atoms. The molecule has 1 aromatic carbocycles. The van der Waals surface area contributed by atoms with Gasteiger partial charge in [-0.2, -0.15) is 0 Å². The Hall–Kier alpha value is -2.27. The molecule has 1 aromatic heterocycles. The Kier molecular flexibility index (Phi) is 4.39. The van der Waals surface area contributed by atoms with Crippen molar-refractivity contribution in [3.63, 3.8) is 0 Å². The minimum absolute atomic E-state index is 0.0474. The van der Waals surface area contributed by atoms with E-state index in [2.05, 4.69) is 10.3 Å². The van der Waals surface area contributed by atoms with Gasteiger partial charge in [0.2, 0.25) is 5.91 Å². The minimum Gasteiger partial charge on any atom is -0.351 e. The van der Waals surface area contributed by atoms with Crippen LogP contribution in [0.1, 0.15) is 23.8 Å². The summed E-state index contributed by atoms with van der Waals surface area (Å²) in [5, 5.41) is 4.37. The van der Waals surface area contributed by atoms with E-state index in [1.54, 1.807) is 23.1 Å². The molecule has 1 aliphatic rings. The number of hydrogen-bond donors (Lipinski definition) is 2. The summed E-state index contributed by atoms with van der Waals surface area (Å²) < 4.78 is 0. The van der Waals surface area contributed by atoms with E-state index >= 15 is 0 Å². The first-order valence-corrected chi connectivity index (χ1v) is 7.92. The van der Waals surface area contributed by atoms with Gasteiger partial charge < -0.3 is 15.2 Å². The van der Waals surface area contributed by atoms with E-state index in [-0.39, 0.29) is 17.9 Å². The second-order valence-electron chi connectivity index (χ2n) is 5.76. The molecular weight excluding hydrogens is 314 g/mol. The molecule has 0 bridgehead atoms. The van der Waals surface area contributed by atoms with Crippen LogP contribution in [0.25, 0.3) is 10.9 Å². The highest BCUT2D eigenvalue weighted by molar-refractivity contribution is 6.31. The van der Waals surface area contributed by atoms with Gasteiger partial charge in [-0.25, -0.2) is 0 Å². The molecule has 2 aromatic rings. The molecule has 0 saturated heterocycles. The standard InChI is InChI=1S/C17H18ClN3O2/c1-11(8-16(22)21-6-2-3-7-21)19-17(23)15-10-12-9-13(18)4-5-14(12)20-15/h2-5,9-11,20H,6-8H2,1H3,(H,19,23)/t11-/m0/s1. The van der Waals surface area contributed by atoms with Crippen LogP contribution in [-0.2, 0) is 4.79 Å². The number of rotatable bonds is 4. The molecule has 0 spiro atoms. The average molecular weight is 332 g/mol. The first-order chi connectivity index (χ1) is 11.0. The summed E-state index contributed by atoms with van der Waals surface area (Å²) >= 11 is 5.95. The van der Waals surface area contributed by atoms with Crippen molar-refractivity contribution in [1.29, 1.82) is 0 Å². The van der Waals surface area contributed by atoms with Crippen molar-refractivity contribution in [1.82, 2.24) is 15.2 Å². The van der Waals surface area contributed by atoms with Crippen LogP contribution in [0.2, 0.25) is 5.02 Å². The summed E-state index contributed by atoms with van der Waals surface area (Å²) in [5.74, 6) is -0.177. The highest BCUT2D eigenvalue weighted by Crippen LogP contribution is 2.20. The lowest BCUT2D eigenvalue weighted by atomic mass is 10.2. The van der Waals surface area contributed by atoms with Gasteiger partial charge in [-0.05, 0) is 31.2 Å². The molecule has 3 rings (SSSR count). The van der Waals surface area contributed by atoms with Crippen molar-refractivity contribution in [2.45, 2.75) is 19.4 Å². The third-order valence-corrected chi connectivity index (χ3v) is 4.09. The summed E-state index contributed by atoms with van der Waals surface area (Å²) in [6.07, 6.45) is 4.23. The van der Waals surface area contributed by atoms with E-state index in [0.717, 1.165) is 10.9 Å². The molecule has 6 heteroatoms. The van der Waals surface area contributed by atoms with Crippen molar-refractivity contribution < 1.29 is 9.59 Å². The summed E-state index contributed by atoms with van der Waals surface area (Å²) in [7, 11) is 0. The zero-order valence-electron chi connectivity index (χ0n) is 12.8. The van der Waals surface area contributed by atoms with Crippen molar-refractivity contribution in [2.24, 2.45) is 0 Å². The number of aromatic amines is 1. The highest BCUT2D eigenvalue weighted by atomic mass is 35.5. The van der Waals surface area contributed by atoms with E-state index < -0.39 is 0 Å². The molecule has 2 amide bonds. The molecule has 120 valence electrons. The Bertz CT molecular complexity index is 773. The number of carbonyl (C=O) groups is 2. The van der Waals surface area contributed by atoms with Crippen LogP contribution in [0.4, 0.5) is 0 Å². The molecule has 0 saturated carbocycles. The monoisotopic (exact) mass is 331 g/mol. The van der Waals surface area contributed by atoms with Gasteiger partial charge >= 0.3 is 0 Å². The van der Waals surface area contributed by atoms with Crippen molar-refractivity contribution in [2.75, 3.05) is 13.1 Å². The number of H-pyrrole nitrogens is 1. The molecule has 0 fully saturated rings. The number of nitrogens with one attached hydrogen (secondary N) is 2. The lowest BCUT2D eigenvalue weighted by Crippen LogP contribution is -2.38. The number of nitrogens with zero attached hydrogens (tertiary/aromatic N) is 1. The van der Waals surface area contributed by atoms with E-state index in [4.69, 9.17) is 11.6 Å². The molecule has 0 unspecified atom stereocenters. The molecule has 1 atom stereocenters. The second-order valence-corrected chi connectivity index (χ2v) is 6.20. The lowest BCUT2D eigenvalue weighted by Gasteiger charge is -2.19. The fraction of sp³-hybridized carbons (Fsp3) is 0.294. The topological polar surface area (TPSA) is 65.2 Å². The van der Waals surface area contributed by atoms with Crippen molar-refractivity contribution in [3.8, 4) is 0 Å². The summed E-state index contributed by atoms with van der Waals surface area (Å²) in [6.45, 7) is 3.14. The first kappa shape index (κ1) is 15.6. The molecule has 5 nitrogen and oxygen atoms in total. The van der Waals surface area contributed by atoms with Crippen LogP contribution in [0.15, 0.2) is 36.4 Å². The third-order valence-electron chi connectivity index (χ3n) is 3.86. The normalized spacial score (nSPS) is 15.1. The second kappa shape index (κ2) is 6.46. The number of carbonyl (C=O) groups excluding carboxylic acids is 2. The third kappa shape index (κ3) is 3.56. The van der Waals surface area contributed by atoms with Crippen LogP contribution in [0.3, 0.4) is 0 Å². The predicted octanol–water partition coefficient (Wildman–Crippen LogP) is 2.73. The average Bonchev–Trinajstić information content (AvgIpc) is 3.15. The van der Waals surface area contributed by atoms with E-state index in [1.165, 1.54) is 0 Å². The SMILES string of the molecule is C[C@@H](CC(=O)N1CC=CC1)NC(=O)c1cc2cc(Cl)ccc2[nH]1. The molecule has 2 N–H and O–H groups in total. The number of fused-ring (bicyclic) bond motifs is 1. The van der Waals surface area contributed by atoms with E-state index in [9.17, 15) is 9.59 Å². The zero-order valence-corrected chi connectivity index (χ0v) is 13.6. The number of halogens is 1. The van der Waals surface area contributed by atoms with Gasteiger partial charge in [0.1, 0.15) is 5.69 Å². The van der Waals surface area contributed by atoms with E-state index in [1.807, 2.05) is 25.1 Å². The first-order valence-electron chi connectivity index (χ1n) is 7.55. The molecule has 1 aliphatic heterocycles. The Labute approximate surface area is 139 Å². The minimum atomic E-state index is -0.231. The maximum absolute atomic E-state index is 12.3. The Morgan fingerprint density at radius 3 is 2.78 bits per heavy atom. The van der Waals surface area contributed by atoms with Crippen LogP contribution in [0, 0.1) is 0 Å².